The maximum atomic E-state index is 13.6. The molecule has 1 heterocycles. The summed E-state index contributed by atoms with van der Waals surface area (Å²) in [6, 6.07) is 10.2. The van der Waals surface area contributed by atoms with Crippen LogP contribution in [0.4, 0.5) is 8.78 Å². The van der Waals surface area contributed by atoms with E-state index in [1.807, 2.05) is 24.3 Å². The van der Waals surface area contributed by atoms with Crippen molar-refractivity contribution in [3.63, 3.8) is 0 Å². The maximum Gasteiger partial charge on any atom is 0.254 e. The van der Waals surface area contributed by atoms with Gasteiger partial charge in [0.1, 0.15) is 11.6 Å². The molecular formula is C18H14BrF2N3O2. The van der Waals surface area contributed by atoms with Crippen LogP contribution in [0.1, 0.15) is 22.0 Å². The van der Waals surface area contributed by atoms with Crippen molar-refractivity contribution in [1.82, 2.24) is 15.1 Å². The van der Waals surface area contributed by atoms with Gasteiger partial charge in [-0.25, -0.2) is 13.5 Å². The van der Waals surface area contributed by atoms with Crippen molar-refractivity contribution in [1.29, 1.82) is 0 Å². The summed E-state index contributed by atoms with van der Waals surface area (Å²) in [6.45, 7) is -0.217. The molecule has 0 radical (unpaired) electrons. The van der Waals surface area contributed by atoms with E-state index < -0.39 is 23.6 Å². The van der Waals surface area contributed by atoms with Crippen LogP contribution in [-0.4, -0.2) is 27.3 Å². The molecule has 0 saturated heterocycles. The average Bonchev–Trinajstić information content (AvgIpc) is 3.10. The number of hydrogen-bond donors (Lipinski definition) is 2. The Kier molecular flexibility index (Phi) is 5.43. The van der Waals surface area contributed by atoms with Crippen LogP contribution < -0.4 is 5.32 Å². The van der Waals surface area contributed by atoms with E-state index in [9.17, 15) is 18.7 Å². The van der Waals surface area contributed by atoms with Crippen LogP contribution >= 0.6 is 15.9 Å². The molecule has 2 N–H and O–H groups in total. The fourth-order valence-corrected chi connectivity index (χ4v) is 2.61. The summed E-state index contributed by atoms with van der Waals surface area (Å²) in [4.78, 5) is 12.2. The topological polar surface area (TPSA) is 67.2 Å². The lowest BCUT2D eigenvalue weighted by molar-refractivity contribution is 0.0914. The number of carbonyl (C=O) groups is 1. The van der Waals surface area contributed by atoms with Crippen LogP contribution in [0.2, 0.25) is 0 Å². The van der Waals surface area contributed by atoms with Gasteiger partial charge in [0.2, 0.25) is 0 Å². The number of aromatic nitrogens is 2. The van der Waals surface area contributed by atoms with Gasteiger partial charge in [-0.2, -0.15) is 5.10 Å². The van der Waals surface area contributed by atoms with Gasteiger partial charge >= 0.3 is 0 Å². The van der Waals surface area contributed by atoms with E-state index in [1.165, 1.54) is 10.9 Å². The van der Waals surface area contributed by atoms with Gasteiger partial charge < -0.3 is 10.4 Å². The van der Waals surface area contributed by atoms with E-state index in [-0.39, 0.29) is 12.1 Å². The van der Waals surface area contributed by atoms with E-state index in [2.05, 4.69) is 26.3 Å². The highest BCUT2D eigenvalue weighted by Crippen LogP contribution is 2.18. The zero-order valence-corrected chi connectivity index (χ0v) is 15.0. The second kappa shape index (κ2) is 7.76. The number of hydrogen-bond acceptors (Lipinski definition) is 3. The minimum Gasteiger partial charge on any atom is -0.386 e. The van der Waals surface area contributed by atoms with Crippen molar-refractivity contribution in [3.05, 3.63) is 82.1 Å². The zero-order chi connectivity index (χ0) is 18.7. The van der Waals surface area contributed by atoms with Crippen LogP contribution in [0.15, 0.2) is 59.3 Å². The Morgan fingerprint density at radius 2 is 1.96 bits per heavy atom. The minimum atomic E-state index is -1.29. The maximum absolute atomic E-state index is 13.6. The molecule has 1 unspecified atom stereocenters. The van der Waals surface area contributed by atoms with Gasteiger partial charge in [0.05, 0.1) is 23.6 Å². The fraction of sp³-hybridized carbons (Fsp3) is 0.111. The lowest BCUT2D eigenvalue weighted by Gasteiger charge is -2.12. The SMILES string of the molecule is O=C(NCC(O)c1ccc(F)cc1F)c1cnn(-c2ccc(Br)cc2)c1. The summed E-state index contributed by atoms with van der Waals surface area (Å²) in [7, 11) is 0. The molecule has 3 aromatic rings. The molecule has 5 nitrogen and oxygen atoms in total. The van der Waals surface area contributed by atoms with Crippen molar-refractivity contribution >= 4 is 21.8 Å². The molecule has 0 aliphatic heterocycles. The van der Waals surface area contributed by atoms with Crippen molar-refractivity contribution in [2.24, 2.45) is 0 Å². The summed E-state index contributed by atoms with van der Waals surface area (Å²) in [6.07, 6.45) is 1.65. The van der Waals surface area contributed by atoms with Crippen LogP contribution in [0.25, 0.3) is 5.69 Å². The van der Waals surface area contributed by atoms with E-state index >= 15 is 0 Å². The molecule has 134 valence electrons. The quantitative estimate of drug-likeness (QED) is 0.663. The van der Waals surface area contributed by atoms with Crippen LogP contribution in [0.5, 0.6) is 0 Å². The van der Waals surface area contributed by atoms with Gasteiger partial charge in [0.15, 0.2) is 0 Å². The van der Waals surface area contributed by atoms with E-state index in [4.69, 9.17) is 0 Å². The second-order valence-corrected chi connectivity index (χ2v) is 6.46. The summed E-state index contributed by atoms with van der Waals surface area (Å²) in [5, 5.41) is 16.6. The molecular weight excluding hydrogens is 408 g/mol. The lowest BCUT2D eigenvalue weighted by Crippen LogP contribution is -2.28. The van der Waals surface area contributed by atoms with Gasteiger partial charge in [-0.05, 0) is 30.3 Å². The number of nitrogens with one attached hydrogen (secondary N) is 1. The van der Waals surface area contributed by atoms with Gasteiger partial charge in [-0.15, -0.1) is 0 Å². The molecule has 0 spiro atoms. The number of halogens is 3. The lowest BCUT2D eigenvalue weighted by atomic mass is 10.1. The number of benzene rings is 2. The number of nitrogens with zero attached hydrogens (tertiary/aromatic N) is 2. The normalized spacial score (nSPS) is 12.0. The third-order valence-electron chi connectivity index (χ3n) is 3.71. The Morgan fingerprint density at radius 3 is 2.65 bits per heavy atom. The Morgan fingerprint density at radius 1 is 1.23 bits per heavy atom. The minimum absolute atomic E-state index is 0.0859. The van der Waals surface area contributed by atoms with Gasteiger partial charge in [0, 0.05) is 28.8 Å². The average molecular weight is 422 g/mol. The molecule has 1 aromatic heterocycles. The summed E-state index contributed by atoms with van der Waals surface area (Å²) < 4.78 is 29.0. The van der Waals surface area contributed by atoms with E-state index in [1.54, 1.807) is 6.20 Å². The highest BCUT2D eigenvalue weighted by molar-refractivity contribution is 9.10. The Bertz CT molecular complexity index is 928. The first-order chi connectivity index (χ1) is 12.4. The number of carbonyl (C=O) groups excluding carboxylic acids is 1. The third-order valence-corrected chi connectivity index (χ3v) is 4.24. The first kappa shape index (κ1) is 18.2. The molecule has 0 fully saturated rings. The Labute approximate surface area is 156 Å². The summed E-state index contributed by atoms with van der Waals surface area (Å²) in [5.41, 5.74) is 0.984. The molecule has 2 aromatic carbocycles. The van der Waals surface area contributed by atoms with Crippen LogP contribution in [0, 0.1) is 11.6 Å². The number of aliphatic hydroxyl groups excluding tert-OH is 1. The molecule has 0 aliphatic rings. The van der Waals surface area contributed by atoms with Crippen molar-refractivity contribution in [2.45, 2.75) is 6.10 Å². The largest absolute Gasteiger partial charge is 0.386 e. The van der Waals surface area contributed by atoms with E-state index in [0.717, 1.165) is 22.3 Å². The highest BCUT2D eigenvalue weighted by atomic mass is 79.9. The molecule has 26 heavy (non-hydrogen) atoms. The standard InChI is InChI=1S/C18H14BrF2N3O2/c19-12-1-4-14(5-2-12)24-10-11(8-23-24)18(26)22-9-17(25)15-6-3-13(20)7-16(15)21/h1-8,10,17,25H,9H2,(H,22,26). The highest BCUT2D eigenvalue weighted by Gasteiger charge is 2.16. The second-order valence-electron chi connectivity index (χ2n) is 5.54. The van der Waals surface area contributed by atoms with Gasteiger partial charge in [-0.3, -0.25) is 4.79 Å². The fourth-order valence-electron chi connectivity index (χ4n) is 2.35. The molecule has 8 heteroatoms. The van der Waals surface area contributed by atoms with Crippen LogP contribution in [-0.2, 0) is 0 Å². The number of rotatable bonds is 5. The van der Waals surface area contributed by atoms with Crippen LogP contribution in [0.3, 0.4) is 0 Å². The smallest absolute Gasteiger partial charge is 0.254 e. The Balaban J connectivity index is 1.64. The monoisotopic (exact) mass is 421 g/mol. The molecule has 3 rings (SSSR count). The Hall–Kier alpha value is -2.58. The van der Waals surface area contributed by atoms with Gasteiger partial charge in [-0.1, -0.05) is 22.0 Å². The first-order valence-corrected chi connectivity index (χ1v) is 8.45. The predicted molar refractivity (Wildman–Crippen MR) is 94.9 cm³/mol. The molecule has 1 amide bonds. The van der Waals surface area contributed by atoms with Crippen molar-refractivity contribution in [2.75, 3.05) is 6.54 Å². The first-order valence-electron chi connectivity index (χ1n) is 7.66. The van der Waals surface area contributed by atoms with E-state index in [0.29, 0.717) is 11.6 Å². The zero-order valence-electron chi connectivity index (χ0n) is 13.4. The number of aliphatic hydroxyl groups is 1. The third kappa shape index (κ3) is 4.14. The molecule has 0 saturated carbocycles. The van der Waals surface area contributed by atoms with Crippen molar-refractivity contribution < 1.29 is 18.7 Å². The van der Waals surface area contributed by atoms with Crippen molar-refractivity contribution in [3.8, 4) is 5.69 Å². The predicted octanol–water partition coefficient (Wildman–Crippen LogP) is 3.38. The number of amides is 1. The molecule has 0 aliphatic carbocycles. The summed E-state index contributed by atoms with van der Waals surface area (Å²) >= 11 is 3.34. The summed E-state index contributed by atoms with van der Waals surface area (Å²) in [5.74, 6) is -2.06. The molecule has 1 atom stereocenters. The molecule has 0 bridgehead atoms. The van der Waals surface area contributed by atoms with Gasteiger partial charge in [0.25, 0.3) is 5.91 Å².